The number of esters is 1. The number of nitrogens with one attached hydrogen (secondary N) is 1. The van der Waals surface area contributed by atoms with Gasteiger partial charge in [0, 0.05) is 12.6 Å². The van der Waals surface area contributed by atoms with Crippen LogP contribution in [0.15, 0.2) is 18.2 Å². The van der Waals surface area contributed by atoms with E-state index < -0.39 is 16.0 Å². The van der Waals surface area contributed by atoms with Gasteiger partial charge < -0.3 is 10.1 Å². The van der Waals surface area contributed by atoms with Crippen molar-refractivity contribution in [1.29, 1.82) is 0 Å². The molecule has 138 valence electrons. The van der Waals surface area contributed by atoms with E-state index in [2.05, 4.69) is 5.32 Å². The molecule has 0 bridgehead atoms. The maximum Gasteiger partial charge on any atom is 0.338 e. The number of hydrogen-bond donors (Lipinski definition) is 1. The summed E-state index contributed by atoms with van der Waals surface area (Å²) >= 11 is 0. The van der Waals surface area contributed by atoms with Crippen molar-refractivity contribution in [3.8, 4) is 0 Å². The van der Waals surface area contributed by atoms with Gasteiger partial charge in [-0.25, -0.2) is 13.2 Å². The average molecular weight is 368 g/mol. The number of amides is 1. The van der Waals surface area contributed by atoms with E-state index in [9.17, 15) is 18.0 Å². The standard InChI is InChI=1S/C17H24N2O5S/c1-4-5-8-18-16(20)11-24-17(21)13-6-7-15-14(10-13)9-12(2)19(15)25(3,22)23/h6-7,10,12H,4-5,8-9,11H2,1-3H3,(H,18,20)/t12-/m0/s1. The van der Waals surface area contributed by atoms with Gasteiger partial charge in [-0.3, -0.25) is 9.10 Å². The quantitative estimate of drug-likeness (QED) is 0.581. The molecule has 1 aliphatic heterocycles. The molecular formula is C17H24N2O5S. The van der Waals surface area contributed by atoms with Crippen LogP contribution in [0.3, 0.4) is 0 Å². The second-order valence-corrected chi connectivity index (χ2v) is 8.09. The van der Waals surface area contributed by atoms with Gasteiger partial charge in [0.2, 0.25) is 10.0 Å². The SMILES string of the molecule is CCCCNC(=O)COC(=O)c1ccc2c(c1)C[C@H](C)N2S(C)(=O)=O. The third-order valence-electron chi connectivity index (χ3n) is 4.01. The lowest BCUT2D eigenvalue weighted by Crippen LogP contribution is -2.34. The van der Waals surface area contributed by atoms with Crippen LogP contribution < -0.4 is 9.62 Å². The minimum atomic E-state index is -3.37. The van der Waals surface area contributed by atoms with Crippen LogP contribution in [-0.4, -0.2) is 45.7 Å². The van der Waals surface area contributed by atoms with Crippen molar-refractivity contribution in [3.05, 3.63) is 29.3 Å². The van der Waals surface area contributed by atoms with E-state index in [0.717, 1.165) is 24.7 Å². The maximum atomic E-state index is 12.1. The second-order valence-electron chi connectivity index (χ2n) is 6.24. The van der Waals surface area contributed by atoms with Crippen molar-refractivity contribution < 1.29 is 22.7 Å². The first-order chi connectivity index (χ1) is 11.7. The number of carbonyl (C=O) groups excluding carboxylic acids is 2. The van der Waals surface area contributed by atoms with Crippen LogP contribution in [0.25, 0.3) is 0 Å². The van der Waals surface area contributed by atoms with Crippen molar-refractivity contribution in [2.24, 2.45) is 0 Å². The van der Waals surface area contributed by atoms with Gasteiger partial charge in [-0.05, 0) is 43.5 Å². The molecule has 1 N–H and O–H groups in total. The number of unbranched alkanes of at least 4 members (excludes halogenated alkanes) is 1. The molecule has 25 heavy (non-hydrogen) atoms. The summed E-state index contributed by atoms with van der Waals surface area (Å²) in [6.45, 7) is 4.07. The summed E-state index contributed by atoms with van der Waals surface area (Å²) in [4.78, 5) is 23.7. The number of hydrogen-bond acceptors (Lipinski definition) is 5. The molecule has 7 nitrogen and oxygen atoms in total. The summed E-state index contributed by atoms with van der Waals surface area (Å²) in [7, 11) is -3.37. The normalized spacial score (nSPS) is 16.4. The fourth-order valence-electron chi connectivity index (χ4n) is 2.91. The van der Waals surface area contributed by atoms with Crippen LogP contribution in [0, 0.1) is 0 Å². The molecule has 1 atom stereocenters. The lowest BCUT2D eigenvalue weighted by molar-refractivity contribution is -0.124. The van der Waals surface area contributed by atoms with Crippen molar-refractivity contribution >= 4 is 27.6 Å². The number of carbonyl (C=O) groups is 2. The number of benzene rings is 1. The van der Waals surface area contributed by atoms with Crippen LogP contribution in [0.2, 0.25) is 0 Å². The molecule has 0 fully saturated rings. The summed E-state index contributed by atoms with van der Waals surface area (Å²) in [6, 6.07) is 4.57. The zero-order valence-electron chi connectivity index (χ0n) is 14.7. The van der Waals surface area contributed by atoms with Crippen LogP contribution in [0.5, 0.6) is 0 Å². The highest BCUT2D eigenvalue weighted by atomic mass is 32.2. The second kappa shape index (κ2) is 7.86. The van der Waals surface area contributed by atoms with E-state index in [1.165, 1.54) is 10.4 Å². The van der Waals surface area contributed by atoms with E-state index in [1.807, 2.05) is 13.8 Å². The van der Waals surface area contributed by atoms with Gasteiger partial charge in [0.15, 0.2) is 6.61 Å². The molecular weight excluding hydrogens is 344 g/mol. The Morgan fingerprint density at radius 1 is 1.36 bits per heavy atom. The van der Waals surface area contributed by atoms with Gasteiger partial charge in [0.05, 0.1) is 17.5 Å². The fourth-order valence-corrected chi connectivity index (χ4v) is 4.17. The van der Waals surface area contributed by atoms with E-state index in [1.54, 1.807) is 12.1 Å². The number of rotatable bonds is 7. The molecule has 1 aliphatic rings. The molecule has 2 rings (SSSR count). The predicted octanol–water partition coefficient (Wildman–Crippen LogP) is 1.47. The smallest absolute Gasteiger partial charge is 0.338 e. The molecule has 0 aromatic heterocycles. The zero-order chi connectivity index (χ0) is 18.6. The molecule has 0 saturated heterocycles. The minimum Gasteiger partial charge on any atom is -0.452 e. The molecule has 0 saturated carbocycles. The topological polar surface area (TPSA) is 92.8 Å². The Kier molecular flexibility index (Phi) is 6.05. The molecule has 1 aromatic carbocycles. The summed E-state index contributed by atoms with van der Waals surface area (Å²) in [5.74, 6) is -0.932. The van der Waals surface area contributed by atoms with E-state index in [4.69, 9.17) is 4.74 Å². The molecule has 0 unspecified atom stereocenters. The highest BCUT2D eigenvalue weighted by Gasteiger charge is 2.32. The first kappa shape index (κ1) is 19.2. The number of anilines is 1. The van der Waals surface area contributed by atoms with Crippen molar-refractivity contribution in [2.45, 2.75) is 39.2 Å². The largest absolute Gasteiger partial charge is 0.452 e. The van der Waals surface area contributed by atoms with Crippen molar-refractivity contribution in [3.63, 3.8) is 0 Å². The molecule has 1 amide bonds. The lowest BCUT2D eigenvalue weighted by Gasteiger charge is -2.21. The molecule has 8 heteroatoms. The van der Waals surface area contributed by atoms with E-state index >= 15 is 0 Å². The van der Waals surface area contributed by atoms with Crippen LogP contribution in [0.1, 0.15) is 42.6 Å². The average Bonchev–Trinajstić information content (AvgIpc) is 2.87. The highest BCUT2D eigenvalue weighted by molar-refractivity contribution is 7.92. The number of fused-ring (bicyclic) bond motifs is 1. The third kappa shape index (κ3) is 4.72. The number of nitrogens with zero attached hydrogens (tertiary/aromatic N) is 1. The first-order valence-electron chi connectivity index (χ1n) is 8.30. The third-order valence-corrected chi connectivity index (χ3v) is 5.28. The number of ether oxygens (including phenoxy) is 1. The van der Waals surface area contributed by atoms with Gasteiger partial charge >= 0.3 is 5.97 Å². The molecule has 0 radical (unpaired) electrons. The maximum absolute atomic E-state index is 12.1. The van der Waals surface area contributed by atoms with Crippen LogP contribution in [-0.2, 0) is 26.0 Å². The predicted molar refractivity (Wildman–Crippen MR) is 95.1 cm³/mol. The Morgan fingerprint density at radius 2 is 2.08 bits per heavy atom. The molecule has 1 aromatic rings. The monoisotopic (exact) mass is 368 g/mol. The summed E-state index contributed by atoms with van der Waals surface area (Å²) in [6.07, 6.45) is 3.54. The minimum absolute atomic E-state index is 0.194. The van der Waals surface area contributed by atoms with E-state index in [0.29, 0.717) is 24.2 Å². The highest BCUT2D eigenvalue weighted by Crippen LogP contribution is 2.34. The van der Waals surface area contributed by atoms with Crippen LogP contribution >= 0.6 is 0 Å². The Morgan fingerprint density at radius 3 is 2.72 bits per heavy atom. The first-order valence-corrected chi connectivity index (χ1v) is 10.1. The summed E-state index contributed by atoms with van der Waals surface area (Å²) in [5, 5.41) is 2.67. The zero-order valence-corrected chi connectivity index (χ0v) is 15.6. The van der Waals surface area contributed by atoms with Gasteiger partial charge in [-0.2, -0.15) is 0 Å². The van der Waals surface area contributed by atoms with Crippen molar-refractivity contribution in [2.75, 3.05) is 23.7 Å². The Hall–Kier alpha value is -2.09. The molecule has 0 spiro atoms. The Balaban J connectivity index is 2.02. The van der Waals surface area contributed by atoms with E-state index in [-0.39, 0.29) is 18.6 Å². The fraction of sp³-hybridized carbons (Fsp3) is 0.529. The Labute approximate surface area is 148 Å². The Bertz CT molecular complexity index is 760. The summed E-state index contributed by atoms with van der Waals surface area (Å²) < 4.78 is 30.2. The van der Waals surface area contributed by atoms with Gasteiger partial charge in [-0.15, -0.1) is 0 Å². The van der Waals surface area contributed by atoms with Crippen LogP contribution in [0.4, 0.5) is 5.69 Å². The summed E-state index contributed by atoms with van der Waals surface area (Å²) in [5.41, 5.74) is 1.67. The molecule has 1 heterocycles. The lowest BCUT2D eigenvalue weighted by atomic mass is 10.1. The van der Waals surface area contributed by atoms with Gasteiger partial charge in [0.1, 0.15) is 0 Å². The van der Waals surface area contributed by atoms with Gasteiger partial charge in [-0.1, -0.05) is 13.3 Å². The number of sulfonamides is 1. The van der Waals surface area contributed by atoms with Gasteiger partial charge in [0.25, 0.3) is 5.91 Å². The molecule has 0 aliphatic carbocycles. The van der Waals surface area contributed by atoms with Crippen molar-refractivity contribution in [1.82, 2.24) is 5.32 Å².